The van der Waals surface area contributed by atoms with Gasteiger partial charge in [0.1, 0.15) is 5.82 Å². The summed E-state index contributed by atoms with van der Waals surface area (Å²) in [7, 11) is 0. The summed E-state index contributed by atoms with van der Waals surface area (Å²) in [5, 5.41) is 2.57. The number of carbonyl (C=O) groups is 2. The average Bonchev–Trinajstić information content (AvgIpc) is 3.24. The number of carbonyl (C=O) groups excluding carboxylic acids is 2. The first-order chi connectivity index (χ1) is 12.3. The second kappa shape index (κ2) is 5.95. The minimum Gasteiger partial charge on any atom is -0.367 e. The molecule has 6 nitrogen and oxygen atoms in total. The first-order valence-corrected chi connectivity index (χ1v) is 8.31. The van der Waals surface area contributed by atoms with Gasteiger partial charge < -0.3 is 10.1 Å². The van der Waals surface area contributed by atoms with Crippen LogP contribution in [0.2, 0.25) is 5.02 Å². The number of imide groups is 1. The van der Waals surface area contributed by atoms with Crippen molar-refractivity contribution in [1.29, 1.82) is 0 Å². The molecule has 0 spiro atoms. The number of amides is 2. The molecule has 3 aliphatic heterocycles. The Morgan fingerprint density at radius 3 is 2.35 bits per heavy atom. The molecule has 4 rings (SSSR count). The number of alkyl halides is 3. The van der Waals surface area contributed by atoms with Crippen molar-refractivity contribution in [2.75, 3.05) is 18.4 Å². The summed E-state index contributed by atoms with van der Waals surface area (Å²) in [5.41, 5.74) is -0.950. The van der Waals surface area contributed by atoms with Crippen molar-refractivity contribution >= 4 is 29.2 Å². The highest BCUT2D eigenvalue weighted by Gasteiger charge is 2.60. The summed E-state index contributed by atoms with van der Waals surface area (Å²) >= 11 is 5.82. The Labute approximate surface area is 151 Å². The van der Waals surface area contributed by atoms with Crippen molar-refractivity contribution in [3.63, 3.8) is 0 Å². The molecule has 3 aliphatic rings. The summed E-state index contributed by atoms with van der Waals surface area (Å²) < 4.78 is 43.4. The molecule has 0 radical (unpaired) electrons. The standard InChI is InChI=1S/C16H13ClF3N3O3/c17-8-5-7(16(18,19)20)6-22-13(8)21-3-4-23-14(24)11-9-1-2-10(26-9)12(11)15(23)25/h1-2,5-6,9-12H,3-4H2,(H,21,22)/t9-,10+,11+,12-. The van der Waals surface area contributed by atoms with E-state index in [9.17, 15) is 22.8 Å². The van der Waals surface area contributed by atoms with E-state index >= 15 is 0 Å². The maximum absolute atomic E-state index is 12.6. The fourth-order valence-electron chi connectivity index (χ4n) is 3.59. The first-order valence-electron chi connectivity index (χ1n) is 7.93. The topological polar surface area (TPSA) is 71.5 Å². The van der Waals surface area contributed by atoms with E-state index < -0.39 is 23.6 Å². The van der Waals surface area contributed by atoms with Gasteiger partial charge in [0.05, 0.1) is 34.6 Å². The molecule has 0 unspecified atom stereocenters. The van der Waals surface area contributed by atoms with Crippen LogP contribution in [-0.2, 0) is 20.5 Å². The van der Waals surface area contributed by atoms with Crippen LogP contribution in [0.15, 0.2) is 24.4 Å². The molecule has 138 valence electrons. The van der Waals surface area contributed by atoms with Crippen molar-refractivity contribution in [2.45, 2.75) is 18.4 Å². The van der Waals surface area contributed by atoms with E-state index in [4.69, 9.17) is 16.3 Å². The third-order valence-electron chi connectivity index (χ3n) is 4.80. The number of fused-ring (bicyclic) bond motifs is 5. The summed E-state index contributed by atoms with van der Waals surface area (Å²) in [5.74, 6) is -1.48. The number of hydrogen-bond acceptors (Lipinski definition) is 5. The second-order valence-corrected chi connectivity index (χ2v) is 6.72. The van der Waals surface area contributed by atoms with Gasteiger partial charge in [0.15, 0.2) is 0 Å². The van der Waals surface area contributed by atoms with Crippen molar-refractivity contribution < 1.29 is 27.5 Å². The maximum atomic E-state index is 12.6. The van der Waals surface area contributed by atoms with Gasteiger partial charge in [0.2, 0.25) is 11.8 Å². The normalized spacial score (nSPS) is 29.6. The minimum absolute atomic E-state index is 0.0593. The predicted molar refractivity (Wildman–Crippen MR) is 84.2 cm³/mol. The van der Waals surface area contributed by atoms with Crippen LogP contribution in [0, 0.1) is 11.8 Å². The number of hydrogen-bond donors (Lipinski definition) is 1. The van der Waals surface area contributed by atoms with Crippen LogP contribution >= 0.6 is 11.6 Å². The second-order valence-electron chi connectivity index (χ2n) is 6.31. The van der Waals surface area contributed by atoms with Crippen LogP contribution in [0.25, 0.3) is 0 Å². The highest BCUT2D eigenvalue weighted by atomic mass is 35.5. The third kappa shape index (κ3) is 2.66. The number of aromatic nitrogens is 1. The molecular formula is C16H13ClF3N3O3. The third-order valence-corrected chi connectivity index (χ3v) is 5.09. The Balaban J connectivity index is 1.39. The lowest BCUT2D eigenvalue weighted by atomic mass is 9.85. The van der Waals surface area contributed by atoms with Gasteiger partial charge in [-0.1, -0.05) is 23.8 Å². The number of nitrogens with one attached hydrogen (secondary N) is 1. The molecule has 4 heterocycles. The van der Waals surface area contributed by atoms with Crippen molar-refractivity contribution in [1.82, 2.24) is 9.88 Å². The maximum Gasteiger partial charge on any atom is 0.417 e. The molecule has 1 N–H and O–H groups in total. The molecule has 2 amide bonds. The fourth-order valence-corrected chi connectivity index (χ4v) is 3.83. The van der Waals surface area contributed by atoms with E-state index in [1.54, 1.807) is 12.2 Å². The average molecular weight is 388 g/mol. The molecule has 2 fully saturated rings. The summed E-state index contributed by atoms with van der Waals surface area (Å²) in [6.45, 7) is 0.196. The summed E-state index contributed by atoms with van der Waals surface area (Å²) in [6, 6.07) is 0.772. The molecule has 1 aromatic heterocycles. The largest absolute Gasteiger partial charge is 0.417 e. The Hall–Kier alpha value is -2.13. The summed E-state index contributed by atoms with van der Waals surface area (Å²) in [4.78, 5) is 29.7. The van der Waals surface area contributed by atoms with Gasteiger partial charge in [-0.15, -0.1) is 0 Å². The molecule has 26 heavy (non-hydrogen) atoms. The van der Waals surface area contributed by atoms with Gasteiger partial charge >= 0.3 is 6.18 Å². The number of likely N-dealkylation sites (tertiary alicyclic amines) is 1. The highest BCUT2D eigenvalue weighted by molar-refractivity contribution is 6.33. The Kier molecular flexibility index (Phi) is 3.96. The van der Waals surface area contributed by atoms with Crippen LogP contribution in [0.4, 0.5) is 19.0 Å². The van der Waals surface area contributed by atoms with E-state index in [0.29, 0.717) is 6.20 Å². The monoisotopic (exact) mass is 387 g/mol. The van der Waals surface area contributed by atoms with Gasteiger partial charge in [-0.2, -0.15) is 13.2 Å². The van der Waals surface area contributed by atoms with Crippen molar-refractivity contribution in [3.8, 4) is 0 Å². The SMILES string of the molecule is O=C1[C@@H]2[C@H](C(=O)N1CCNc1ncc(C(F)(F)F)cc1Cl)[C@@H]1C=C[C@H]2O1. The molecule has 0 aliphatic carbocycles. The van der Waals surface area contributed by atoms with E-state index in [1.165, 1.54) is 0 Å². The van der Waals surface area contributed by atoms with Crippen LogP contribution in [-0.4, -0.2) is 47.0 Å². The Morgan fingerprint density at radius 2 is 1.81 bits per heavy atom. The van der Waals surface area contributed by atoms with Crippen LogP contribution < -0.4 is 5.32 Å². The molecule has 0 aromatic carbocycles. The molecule has 1 aromatic rings. The van der Waals surface area contributed by atoms with Crippen molar-refractivity contribution in [3.05, 3.63) is 35.0 Å². The fraction of sp³-hybridized carbons (Fsp3) is 0.438. The van der Waals surface area contributed by atoms with Crippen LogP contribution in [0.1, 0.15) is 5.56 Å². The van der Waals surface area contributed by atoms with Gasteiger partial charge in [0.25, 0.3) is 0 Å². The number of pyridine rings is 1. The number of anilines is 1. The number of nitrogens with zero attached hydrogens (tertiary/aromatic N) is 2. The molecule has 2 bridgehead atoms. The summed E-state index contributed by atoms with van der Waals surface area (Å²) in [6.07, 6.45) is -0.978. The minimum atomic E-state index is -4.53. The lowest BCUT2D eigenvalue weighted by molar-refractivity contribution is -0.142. The Bertz CT molecular complexity index is 784. The van der Waals surface area contributed by atoms with E-state index in [-0.39, 0.29) is 48.0 Å². The highest BCUT2D eigenvalue weighted by Crippen LogP contribution is 2.44. The van der Waals surface area contributed by atoms with Gasteiger partial charge in [-0.3, -0.25) is 14.5 Å². The lowest BCUT2D eigenvalue weighted by Crippen LogP contribution is -2.37. The van der Waals surface area contributed by atoms with E-state index in [2.05, 4.69) is 10.3 Å². The molecule has 0 saturated carbocycles. The van der Waals surface area contributed by atoms with Gasteiger partial charge in [0, 0.05) is 19.3 Å². The number of rotatable bonds is 4. The lowest BCUT2D eigenvalue weighted by Gasteiger charge is -2.18. The van der Waals surface area contributed by atoms with E-state index in [1.807, 2.05) is 0 Å². The van der Waals surface area contributed by atoms with Crippen LogP contribution in [0.5, 0.6) is 0 Å². The van der Waals surface area contributed by atoms with Gasteiger partial charge in [-0.05, 0) is 6.07 Å². The molecule has 2 saturated heterocycles. The quantitative estimate of drug-likeness (QED) is 0.633. The van der Waals surface area contributed by atoms with Crippen LogP contribution in [0.3, 0.4) is 0 Å². The molecular weight excluding hydrogens is 375 g/mol. The zero-order chi connectivity index (χ0) is 18.6. The van der Waals surface area contributed by atoms with Crippen molar-refractivity contribution in [2.24, 2.45) is 11.8 Å². The number of ether oxygens (including phenoxy) is 1. The Morgan fingerprint density at radius 1 is 1.19 bits per heavy atom. The molecule has 10 heteroatoms. The number of halogens is 4. The molecule has 4 atom stereocenters. The van der Waals surface area contributed by atoms with Gasteiger partial charge in [-0.25, -0.2) is 4.98 Å². The van der Waals surface area contributed by atoms with E-state index in [0.717, 1.165) is 11.0 Å². The smallest absolute Gasteiger partial charge is 0.367 e. The first kappa shape index (κ1) is 17.3. The predicted octanol–water partition coefficient (Wildman–Crippen LogP) is 2.10. The zero-order valence-corrected chi connectivity index (χ0v) is 13.9. The zero-order valence-electron chi connectivity index (χ0n) is 13.2.